The van der Waals surface area contributed by atoms with E-state index in [0.29, 0.717) is 18.2 Å². The van der Waals surface area contributed by atoms with E-state index in [1.165, 1.54) is 0 Å². The number of rotatable bonds is 9. The average molecular weight is 348 g/mol. The number of carbonyl (C=O) groups is 1. The van der Waals surface area contributed by atoms with Crippen molar-refractivity contribution in [3.8, 4) is 0 Å². The number of amidine groups is 1. The number of amides is 1. The predicted octanol–water partition coefficient (Wildman–Crippen LogP) is 3.63. The van der Waals surface area contributed by atoms with Crippen LogP contribution < -0.4 is 5.32 Å². The van der Waals surface area contributed by atoms with Gasteiger partial charge in [0.2, 0.25) is 0 Å². The summed E-state index contributed by atoms with van der Waals surface area (Å²) in [6.07, 6.45) is 2.05. The van der Waals surface area contributed by atoms with E-state index in [0.717, 1.165) is 38.0 Å². The number of nitrogens with one attached hydrogen (secondary N) is 1. The molecular weight excluding hydrogens is 314 g/mol. The molecule has 1 atom stereocenters. The van der Waals surface area contributed by atoms with Gasteiger partial charge in [-0.25, -0.2) is 4.99 Å². The normalized spacial score (nSPS) is 13.0. The molecule has 0 radical (unpaired) electrons. The van der Waals surface area contributed by atoms with Gasteiger partial charge in [0.05, 0.1) is 12.6 Å². The minimum Gasteiger partial charge on any atom is -0.465 e. The van der Waals surface area contributed by atoms with Crippen molar-refractivity contribution in [1.29, 1.82) is 0 Å². The third-order valence-electron chi connectivity index (χ3n) is 4.11. The van der Waals surface area contributed by atoms with E-state index in [1.807, 2.05) is 32.0 Å². The van der Waals surface area contributed by atoms with Crippen LogP contribution in [0.25, 0.3) is 0 Å². The summed E-state index contributed by atoms with van der Waals surface area (Å²) in [5.74, 6) is -0.189. The van der Waals surface area contributed by atoms with E-state index < -0.39 is 0 Å². The van der Waals surface area contributed by atoms with Gasteiger partial charge in [-0.2, -0.15) is 0 Å². The molecule has 1 amide bonds. The van der Waals surface area contributed by atoms with E-state index in [4.69, 9.17) is 4.74 Å². The second-order valence-corrected chi connectivity index (χ2v) is 6.21. The smallest absolute Gasteiger partial charge is 0.291 e. The van der Waals surface area contributed by atoms with Crippen molar-refractivity contribution in [2.75, 3.05) is 26.2 Å². The number of aliphatic imine (C=N–C) groups is 1. The van der Waals surface area contributed by atoms with Gasteiger partial charge >= 0.3 is 0 Å². The Bertz CT molecular complexity index is 554. The first-order chi connectivity index (χ1) is 12.0. The quantitative estimate of drug-likeness (QED) is 0.548. The summed E-state index contributed by atoms with van der Waals surface area (Å²) in [6.45, 7) is 14.0. The minimum atomic E-state index is -0.189. The van der Waals surface area contributed by atoms with Crippen molar-refractivity contribution in [2.24, 2.45) is 4.99 Å². The topological polar surface area (TPSA) is 53.9 Å². The lowest BCUT2D eigenvalue weighted by atomic mass is 10.1. The summed E-state index contributed by atoms with van der Waals surface area (Å²) >= 11 is 0. The molecule has 5 nitrogen and oxygen atoms in total. The Hall–Kier alpha value is -1.88. The standard InChI is InChI=1S/C20H33N3O2/c1-6-23(7-2)14-10-12-17(5)21-20(25-8-3)22-19(24)18-13-9-11-16(4)15-18/h9,11,13,15,17H,6-8,10,12,14H2,1-5H3,(H,21,22,24)/t17-/m0/s1. The molecule has 1 N–H and O–H groups in total. The van der Waals surface area contributed by atoms with Gasteiger partial charge in [0.25, 0.3) is 11.9 Å². The van der Waals surface area contributed by atoms with Crippen LogP contribution in [-0.4, -0.2) is 49.1 Å². The van der Waals surface area contributed by atoms with Crippen molar-refractivity contribution in [3.05, 3.63) is 35.4 Å². The molecule has 0 aliphatic carbocycles. The molecule has 1 rings (SSSR count). The summed E-state index contributed by atoms with van der Waals surface area (Å²) in [6, 6.07) is 7.90. The highest BCUT2D eigenvalue weighted by Gasteiger charge is 2.11. The van der Waals surface area contributed by atoms with E-state index in [2.05, 4.69) is 36.0 Å². The van der Waals surface area contributed by atoms with Gasteiger partial charge in [-0.1, -0.05) is 31.5 Å². The molecule has 0 unspecified atom stereocenters. The molecule has 5 heteroatoms. The van der Waals surface area contributed by atoms with Crippen LogP contribution in [0.2, 0.25) is 0 Å². The molecule has 0 bridgehead atoms. The van der Waals surface area contributed by atoms with Gasteiger partial charge in [0.15, 0.2) is 0 Å². The second kappa shape index (κ2) is 11.6. The van der Waals surface area contributed by atoms with Gasteiger partial charge in [0, 0.05) is 5.56 Å². The van der Waals surface area contributed by atoms with Crippen LogP contribution in [0.15, 0.2) is 29.3 Å². The van der Waals surface area contributed by atoms with Crippen LogP contribution in [0.5, 0.6) is 0 Å². The highest BCUT2D eigenvalue weighted by atomic mass is 16.5. The van der Waals surface area contributed by atoms with Crippen molar-refractivity contribution in [3.63, 3.8) is 0 Å². The van der Waals surface area contributed by atoms with Crippen molar-refractivity contribution >= 4 is 11.9 Å². The highest BCUT2D eigenvalue weighted by Crippen LogP contribution is 2.06. The largest absolute Gasteiger partial charge is 0.465 e. The van der Waals surface area contributed by atoms with Crippen LogP contribution in [-0.2, 0) is 4.74 Å². The lowest BCUT2D eigenvalue weighted by Crippen LogP contribution is -2.33. The van der Waals surface area contributed by atoms with E-state index >= 15 is 0 Å². The third kappa shape index (κ3) is 8.16. The Morgan fingerprint density at radius 2 is 2.00 bits per heavy atom. The lowest BCUT2D eigenvalue weighted by Gasteiger charge is -2.18. The van der Waals surface area contributed by atoms with Crippen molar-refractivity contribution in [1.82, 2.24) is 10.2 Å². The van der Waals surface area contributed by atoms with E-state index in [-0.39, 0.29) is 11.9 Å². The number of hydrogen-bond acceptors (Lipinski definition) is 4. The lowest BCUT2D eigenvalue weighted by molar-refractivity contribution is 0.0966. The Balaban J connectivity index is 2.61. The zero-order chi connectivity index (χ0) is 18.7. The minimum absolute atomic E-state index is 0.106. The number of ether oxygens (including phenoxy) is 1. The maximum atomic E-state index is 12.4. The third-order valence-corrected chi connectivity index (χ3v) is 4.11. The molecule has 0 aliphatic rings. The van der Waals surface area contributed by atoms with Crippen LogP contribution in [0.4, 0.5) is 0 Å². The van der Waals surface area contributed by atoms with E-state index in [9.17, 15) is 4.79 Å². The number of benzene rings is 1. The Morgan fingerprint density at radius 1 is 1.28 bits per heavy atom. The molecular formula is C20H33N3O2. The molecule has 0 fully saturated rings. The maximum absolute atomic E-state index is 12.4. The van der Waals surface area contributed by atoms with Gasteiger partial charge in [-0.15, -0.1) is 0 Å². The highest BCUT2D eigenvalue weighted by molar-refractivity contribution is 6.04. The number of aryl methyl sites for hydroxylation is 1. The molecule has 140 valence electrons. The molecule has 25 heavy (non-hydrogen) atoms. The molecule has 0 aromatic heterocycles. The molecule has 0 spiro atoms. The van der Waals surface area contributed by atoms with Crippen LogP contribution in [0, 0.1) is 6.92 Å². The number of carbonyl (C=O) groups excluding carboxylic acids is 1. The molecule has 0 heterocycles. The monoisotopic (exact) mass is 347 g/mol. The van der Waals surface area contributed by atoms with Crippen LogP contribution in [0.3, 0.4) is 0 Å². The summed E-state index contributed by atoms with van der Waals surface area (Å²) in [4.78, 5) is 19.3. The molecule has 0 saturated carbocycles. The van der Waals surface area contributed by atoms with Crippen LogP contribution in [0.1, 0.15) is 56.5 Å². The summed E-state index contributed by atoms with van der Waals surface area (Å²) in [5.41, 5.74) is 1.66. The molecule has 1 aromatic carbocycles. The van der Waals surface area contributed by atoms with Gasteiger partial charge in [-0.3, -0.25) is 10.1 Å². The summed E-state index contributed by atoms with van der Waals surface area (Å²) in [5, 5.41) is 2.79. The first-order valence-electron chi connectivity index (χ1n) is 9.31. The fraction of sp³-hybridized carbons (Fsp3) is 0.600. The first-order valence-corrected chi connectivity index (χ1v) is 9.31. The van der Waals surface area contributed by atoms with Gasteiger partial charge < -0.3 is 9.64 Å². The van der Waals surface area contributed by atoms with Crippen molar-refractivity contribution < 1.29 is 9.53 Å². The SMILES string of the molecule is CCOC(=N[C@@H](C)CCCN(CC)CC)NC(=O)c1cccc(C)c1. The molecule has 0 saturated heterocycles. The maximum Gasteiger partial charge on any atom is 0.291 e. The number of hydrogen-bond donors (Lipinski definition) is 1. The fourth-order valence-electron chi connectivity index (χ4n) is 2.61. The summed E-state index contributed by atoms with van der Waals surface area (Å²) in [7, 11) is 0. The zero-order valence-electron chi connectivity index (χ0n) is 16.3. The fourth-order valence-corrected chi connectivity index (χ4v) is 2.61. The Kier molecular flexibility index (Phi) is 9.85. The molecule has 0 aliphatic heterocycles. The number of nitrogens with zero attached hydrogens (tertiary/aromatic N) is 2. The molecule has 1 aromatic rings. The van der Waals surface area contributed by atoms with Gasteiger partial charge in [0.1, 0.15) is 0 Å². The summed E-state index contributed by atoms with van der Waals surface area (Å²) < 4.78 is 5.51. The van der Waals surface area contributed by atoms with E-state index in [1.54, 1.807) is 6.07 Å². The second-order valence-electron chi connectivity index (χ2n) is 6.21. The average Bonchev–Trinajstić information content (AvgIpc) is 2.59. The van der Waals surface area contributed by atoms with Crippen molar-refractivity contribution in [2.45, 2.75) is 53.5 Å². The van der Waals surface area contributed by atoms with Gasteiger partial charge in [-0.05, 0) is 65.4 Å². The predicted molar refractivity (Wildman–Crippen MR) is 104 cm³/mol. The Labute approximate surface area is 152 Å². The first kappa shape index (κ1) is 21.2. The Morgan fingerprint density at radius 3 is 2.60 bits per heavy atom. The van der Waals surface area contributed by atoms with Crippen LogP contribution >= 0.6 is 0 Å². The zero-order valence-corrected chi connectivity index (χ0v) is 16.3.